The van der Waals surface area contributed by atoms with Crippen molar-refractivity contribution in [2.75, 3.05) is 0 Å². The number of hydrazine groups is 1. The van der Waals surface area contributed by atoms with Gasteiger partial charge in [0.25, 0.3) is 0 Å². The molecule has 2 aliphatic rings. The molecule has 0 amide bonds. The quantitative estimate of drug-likeness (QED) is 0.675. The molecule has 7 heteroatoms. The van der Waals surface area contributed by atoms with Crippen LogP contribution in [0.1, 0.15) is 19.5 Å². The number of aromatic nitrogens is 1. The van der Waals surface area contributed by atoms with Gasteiger partial charge in [0.1, 0.15) is 17.9 Å². The summed E-state index contributed by atoms with van der Waals surface area (Å²) in [6.07, 6.45) is 1.33. The number of aliphatic imine (C=N–C) groups is 2. The number of fused-ring (bicyclic) bond motifs is 2. The molecule has 2 aromatic rings. The average Bonchev–Trinajstić information content (AvgIpc) is 3.08. The summed E-state index contributed by atoms with van der Waals surface area (Å²) in [6.45, 7) is 4.18. The first kappa shape index (κ1) is 13.8. The third-order valence-corrected chi connectivity index (χ3v) is 4.14. The van der Waals surface area contributed by atoms with E-state index in [0.29, 0.717) is 5.84 Å². The third kappa shape index (κ3) is 2.08. The van der Waals surface area contributed by atoms with E-state index in [0.717, 1.165) is 27.9 Å². The van der Waals surface area contributed by atoms with Crippen LogP contribution in [0.2, 0.25) is 0 Å². The molecular weight excluding hydrogens is 292 g/mol. The Morgan fingerprint density at radius 3 is 2.91 bits per heavy atom. The molecule has 3 heterocycles. The van der Waals surface area contributed by atoms with Gasteiger partial charge in [-0.3, -0.25) is 0 Å². The number of aromatic hydroxyl groups is 1. The third-order valence-electron chi connectivity index (χ3n) is 4.14. The molecule has 23 heavy (non-hydrogen) atoms. The average molecular weight is 310 g/mol. The first-order chi connectivity index (χ1) is 11.0. The van der Waals surface area contributed by atoms with E-state index in [1.807, 2.05) is 17.1 Å². The predicted octanol–water partition coefficient (Wildman–Crippen LogP) is 1.54. The highest BCUT2D eigenvalue weighted by Crippen LogP contribution is 2.32. The molecule has 0 fully saturated rings. The minimum absolute atomic E-state index is 0.178. The van der Waals surface area contributed by atoms with Crippen LogP contribution in [-0.4, -0.2) is 39.5 Å². The lowest BCUT2D eigenvalue weighted by atomic mass is 10.1. The minimum Gasteiger partial charge on any atom is -0.508 e. The summed E-state index contributed by atoms with van der Waals surface area (Å²) in [6, 6.07) is 7.46. The van der Waals surface area contributed by atoms with E-state index < -0.39 is 0 Å². The lowest BCUT2D eigenvalue weighted by Gasteiger charge is -2.27. The number of rotatable bonds is 2. The Balaban J connectivity index is 1.86. The van der Waals surface area contributed by atoms with Gasteiger partial charge in [0.05, 0.1) is 17.0 Å². The van der Waals surface area contributed by atoms with Crippen LogP contribution >= 0.6 is 0 Å². The second kappa shape index (κ2) is 4.85. The molecule has 1 atom stereocenters. The van der Waals surface area contributed by atoms with E-state index >= 15 is 0 Å². The van der Waals surface area contributed by atoms with E-state index in [1.165, 1.54) is 6.34 Å². The van der Waals surface area contributed by atoms with Crippen LogP contribution in [0.5, 0.6) is 5.75 Å². The van der Waals surface area contributed by atoms with Gasteiger partial charge in [-0.05, 0) is 38.1 Å². The van der Waals surface area contributed by atoms with Crippen LogP contribution in [0.15, 0.2) is 39.8 Å². The number of phenols is 1. The highest BCUT2D eigenvalue weighted by molar-refractivity contribution is 6.09. The molecule has 1 unspecified atom stereocenters. The molecule has 4 rings (SSSR count). The maximum Gasteiger partial charge on any atom is 0.152 e. The van der Waals surface area contributed by atoms with E-state index in [1.54, 1.807) is 12.1 Å². The maximum absolute atomic E-state index is 9.64. The molecule has 0 bridgehead atoms. The second-order valence-electron chi connectivity index (χ2n) is 6.01. The Labute approximate surface area is 133 Å². The van der Waals surface area contributed by atoms with Crippen LogP contribution in [0.4, 0.5) is 0 Å². The number of amidine groups is 1. The summed E-state index contributed by atoms with van der Waals surface area (Å²) >= 11 is 0. The number of hydrogen-bond donors (Lipinski definition) is 4. The number of nitrogens with two attached hydrogens (primary N) is 1. The van der Waals surface area contributed by atoms with Crippen molar-refractivity contribution in [3.05, 3.63) is 35.5 Å². The summed E-state index contributed by atoms with van der Waals surface area (Å²) in [5, 5.41) is 12.6. The molecule has 0 saturated carbocycles. The number of phenolic OH excluding ortho intramolecular Hbond substituents is 1. The zero-order valence-electron chi connectivity index (χ0n) is 12.9. The van der Waals surface area contributed by atoms with Gasteiger partial charge in [-0.1, -0.05) is 0 Å². The summed E-state index contributed by atoms with van der Waals surface area (Å²) in [4.78, 5) is 11.9. The highest BCUT2D eigenvalue weighted by atomic mass is 16.3. The van der Waals surface area contributed by atoms with Crippen LogP contribution in [0.3, 0.4) is 0 Å². The maximum atomic E-state index is 9.64. The number of H-pyrrole nitrogens is 1. The summed E-state index contributed by atoms with van der Waals surface area (Å²) in [7, 11) is 0. The second-order valence-corrected chi connectivity index (χ2v) is 6.01. The fraction of sp³-hybridized carbons (Fsp3) is 0.250. The van der Waals surface area contributed by atoms with E-state index in [9.17, 15) is 5.11 Å². The van der Waals surface area contributed by atoms with Crippen LogP contribution in [0.25, 0.3) is 16.6 Å². The first-order valence-electron chi connectivity index (χ1n) is 7.51. The molecule has 0 spiro atoms. The Morgan fingerprint density at radius 1 is 1.30 bits per heavy atom. The normalized spacial score (nSPS) is 21.0. The molecule has 1 aromatic heterocycles. The molecule has 5 N–H and O–H groups in total. The number of nitrogens with zero attached hydrogens (tertiary/aromatic N) is 3. The molecule has 2 aliphatic heterocycles. The Morgan fingerprint density at radius 2 is 2.13 bits per heavy atom. The molecule has 118 valence electrons. The number of hydrogen-bond acceptors (Lipinski definition) is 6. The zero-order valence-corrected chi connectivity index (χ0v) is 12.9. The summed E-state index contributed by atoms with van der Waals surface area (Å²) in [5.41, 5.74) is 13.1. The van der Waals surface area contributed by atoms with Crippen LogP contribution < -0.4 is 11.2 Å². The Hall–Kier alpha value is -2.80. The standard InChI is InChI=1S/C16H18N6O/c1-8(2)22-16-13(15(17)18-7-19-16)14(21-22)12-6-9-5-10(23)3-4-11(9)20-12/h3-8,16,20-21,23H,1-2H3,(H2,17,18,19). The monoisotopic (exact) mass is 310 g/mol. The fourth-order valence-corrected chi connectivity index (χ4v) is 3.03. The highest BCUT2D eigenvalue weighted by Gasteiger charge is 2.38. The summed E-state index contributed by atoms with van der Waals surface area (Å²) < 4.78 is 0. The van der Waals surface area contributed by atoms with Crippen molar-refractivity contribution >= 4 is 28.8 Å². The first-order valence-corrected chi connectivity index (χ1v) is 7.51. The van der Waals surface area contributed by atoms with Gasteiger partial charge in [0.2, 0.25) is 0 Å². The topological polar surface area (TPSA) is 102 Å². The van der Waals surface area contributed by atoms with Crippen LogP contribution in [0, 0.1) is 0 Å². The van der Waals surface area contributed by atoms with Crippen molar-refractivity contribution in [1.29, 1.82) is 0 Å². The number of nitrogens with one attached hydrogen (secondary N) is 2. The van der Waals surface area contributed by atoms with Crippen molar-refractivity contribution in [2.45, 2.75) is 26.1 Å². The van der Waals surface area contributed by atoms with E-state index in [4.69, 9.17) is 5.73 Å². The number of benzene rings is 1. The van der Waals surface area contributed by atoms with Gasteiger partial charge in [0.15, 0.2) is 6.17 Å². The van der Waals surface area contributed by atoms with Crippen molar-refractivity contribution in [3.8, 4) is 5.75 Å². The Bertz CT molecular complexity index is 876. The number of aromatic amines is 1. The smallest absolute Gasteiger partial charge is 0.152 e. The van der Waals surface area contributed by atoms with Gasteiger partial charge in [0, 0.05) is 16.9 Å². The van der Waals surface area contributed by atoms with E-state index in [2.05, 4.69) is 34.2 Å². The molecule has 0 saturated heterocycles. The molecule has 0 aliphatic carbocycles. The van der Waals surface area contributed by atoms with Gasteiger partial charge in [-0.2, -0.15) is 5.01 Å². The Kier molecular flexibility index (Phi) is 2.92. The van der Waals surface area contributed by atoms with Gasteiger partial charge < -0.3 is 21.2 Å². The van der Waals surface area contributed by atoms with Gasteiger partial charge in [-0.15, -0.1) is 0 Å². The van der Waals surface area contributed by atoms with Crippen molar-refractivity contribution < 1.29 is 5.11 Å². The van der Waals surface area contributed by atoms with E-state index in [-0.39, 0.29) is 18.0 Å². The molecule has 7 nitrogen and oxygen atoms in total. The zero-order chi connectivity index (χ0) is 16.1. The minimum atomic E-state index is -0.178. The summed E-state index contributed by atoms with van der Waals surface area (Å²) in [5.74, 6) is 0.710. The van der Waals surface area contributed by atoms with Gasteiger partial charge >= 0.3 is 0 Å². The molecular formula is C16H18N6O. The lowest BCUT2D eigenvalue weighted by molar-refractivity contribution is 0.159. The van der Waals surface area contributed by atoms with Crippen molar-refractivity contribution in [2.24, 2.45) is 15.7 Å². The fourth-order valence-electron chi connectivity index (χ4n) is 3.03. The molecule has 1 aromatic carbocycles. The van der Waals surface area contributed by atoms with Crippen molar-refractivity contribution in [1.82, 2.24) is 15.4 Å². The van der Waals surface area contributed by atoms with Crippen molar-refractivity contribution in [3.63, 3.8) is 0 Å². The SMILES string of the molecule is CC(C)N1NC(c2cc3cc(O)ccc3[nH]2)=C2C(N)=NC=NC21. The van der Waals surface area contributed by atoms with Gasteiger partial charge in [-0.25, -0.2) is 9.98 Å². The largest absolute Gasteiger partial charge is 0.508 e. The van der Waals surface area contributed by atoms with Crippen LogP contribution in [-0.2, 0) is 0 Å². The predicted molar refractivity (Wildman–Crippen MR) is 90.9 cm³/mol. The lowest BCUT2D eigenvalue weighted by Crippen LogP contribution is -2.45. The molecule has 0 radical (unpaired) electrons.